The molecule has 0 radical (unpaired) electrons. The Morgan fingerprint density at radius 2 is 0.782 bits per heavy atom. The van der Waals surface area contributed by atoms with Crippen molar-refractivity contribution in [1.82, 2.24) is 19.9 Å². The molecule has 5 heteroatoms. The molecule has 0 spiro atoms. The quantitative estimate of drug-likeness (QED) is 0.165. The van der Waals surface area contributed by atoms with E-state index in [4.69, 9.17) is 24.4 Å². The third kappa shape index (κ3) is 6.04. The average molecular weight is 705 g/mol. The molecule has 0 aliphatic heterocycles. The minimum atomic E-state index is 0.610. The third-order valence-electron chi connectivity index (χ3n) is 9.92. The largest absolute Gasteiger partial charge is 0.455 e. The van der Waals surface area contributed by atoms with Crippen LogP contribution in [0.5, 0.6) is 0 Å². The van der Waals surface area contributed by atoms with Gasteiger partial charge in [0.1, 0.15) is 11.3 Å². The van der Waals surface area contributed by atoms with Crippen molar-refractivity contribution in [2.75, 3.05) is 0 Å². The fraction of sp³-hybridized carbons (Fsp3) is 0. The van der Waals surface area contributed by atoms with Crippen LogP contribution in [0, 0.1) is 0 Å². The molecule has 0 saturated heterocycles. The van der Waals surface area contributed by atoms with Gasteiger partial charge in [0.25, 0.3) is 0 Å². The minimum Gasteiger partial charge on any atom is -0.455 e. The van der Waals surface area contributed by atoms with E-state index < -0.39 is 0 Å². The molecule has 0 N–H and O–H groups in total. The topological polar surface area (TPSA) is 64.7 Å². The van der Waals surface area contributed by atoms with Gasteiger partial charge < -0.3 is 4.42 Å². The van der Waals surface area contributed by atoms with Crippen LogP contribution < -0.4 is 0 Å². The fourth-order valence-electron chi connectivity index (χ4n) is 7.27. The summed E-state index contributed by atoms with van der Waals surface area (Å²) in [5.74, 6) is 2.70. The molecule has 3 aromatic heterocycles. The molecule has 0 fully saturated rings. The highest BCUT2D eigenvalue weighted by atomic mass is 16.3. The molecule has 55 heavy (non-hydrogen) atoms. The summed E-state index contributed by atoms with van der Waals surface area (Å²) in [5.41, 5.74) is 11.5. The highest BCUT2D eigenvalue weighted by molar-refractivity contribution is 6.17. The number of hydrogen-bond donors (Lipinski definition) is 0. The van der Waals surface area contributed by atoms with E-state index in [1.165, 1.54) is 0 Å². The van der Waals surface area contributed by atoms with E-state index in [9.17, 15) is 0 Å². The average Bonchev–Trinajstić information content (AvgIpc) is 3.68. The molecule has 7 aromatic carbocycles. The molecule has 0 amide bonds. The van der Waals surface area contributed by atoms with Gasteiger partial charge in [0.05, 0.1) is 16.6 Å². The molecule has 0 unspecified atom stereocenters. The second kappa shape index (κ2) is 13.8. The van der Waals surface area contributed by atoms with Crippen molar-refractivity contribution in [2.45, 2.75) is 0 Å². The molecule has 5 nitrogen and oxygen atoms in total. The van der Waals surface area contributed by atoms with Crippen molar-refractivity contribution in [1.29, 1.82) is 0 Å². The van der Waals surface area contributed by atoms with Gasteiger partial charge in [0.2, 0.25) is 0 Å². The van der Waals surface area contributed by atoms with Crippen LogP contribution in [0.4, 0.5) is 0 Å². The van der Waals surface area contributed by atoms with E-state index in [1.807, 2.05) is 91.0 Å². The summed E-state index contributed by atoms with van der Waals surface area (Å²) in [7, 11) is 0. The predicted octanol–water partition coefficient (Wildman–Crippen LogP) is 12.8. The van der Waals surface area contributed by atoms with Crippen LogP contribution in [-0.4, -0.2) is 19.9 Å². The Labute approximate surface area is 318 Å². The maximum atomic E-state index is 6.97. The number of benzene rings is 7. The summed E-state index contributed by atoms with van der Waals surface area (Å²) in [6.07, 6.45) is 0. The molecule has 3 heterocycles. The van der Waals surface area contributed by atoms with Crippen LogP contribution in [0.25, 0.3) is 101 Å². The van der Waals surface area contributed by atoms with Crippen molar-refractivity contribution in [3.63, 3.8) is 0 Å². The smallest absolute Gasteiger partial charge is 0.164 e. The van der Waals surface area contributed by atoms with Gasteiger partial charge in [0, 0.05) is 38.8 Å². The lowest BCUT2D eigenvalue weighted by Gasteiger charge is -2.11. The van der Waals surface area contributed by atoms with E-state index in [0.717, 1.165) is 83.4 Å². The lowest BCUT2D eigenvalue weighted by atomic mass is 9.94. The molecule has 0 bridgehead atoms. The highest BCUT2D eigenvalue weighted by Gasteiger charge is 2.24. The van der Waals surface area contributed by atoms with Crippen LogP contribution in [-0.2, 0) is 0 Å². The van der Waals surface area contributed by atoms with Crippen molar-refractivity contribution in [3.05, 3.63) is 194 Å². The maximum absolute atomic E-state index is 6.97. The van der Waals surface area contributed by atoms with Gasteiger partial charge >= 0.3 is 0 Å². The zero-order valence-electron chi connectivity index (χ0n) is 29.7. The summed E-state index contributed by atoms with van der Waals surface area (Å²) < 4.78 is 6.97. The first-order valence-corrected chi connectivity index (χ1v) is 18.3. The Morgan fingerprint density at radius 1 is 0.327 bits per heavy atom. The molecule has 0 aliphatic carbocycles. The maximum Gasteiger partial charge on any atom is 0.164 e. The third-order valence-corrected chi connectivity index (χ3v) is 9.92. The van der Waals surface area contributed by atoms with Gasteiger partial charge in [-0.25, -0.2) is 19.9 Å². The van der Waals surface area contributed by atoms with Gasteiger partial charge in [-0.2, -0.15) is 0 Å². The van der Waals surface area contributed by atoms with E-state index in [1.54, 1.807) is 0 Å². The summed E-state index contributed by atoms with van der Waals surface area (Å²) in [5, 5.41) is 1.95. The Hall–Kier alpha value is -7.50. The Bertz CT molecular complexity index is 2890. The van der Waals surface area contributed by atoms with E-state index >= 15 is 0 Å². The minimum absolute atomic E-state index is 0.610. The van der Waals surface area contributed by atoms with Crippen LogP contribution in [0.1, 0.15) is 0 Å². The molecule has 0 atom stereocenters. The van der Waals surface area contributed by atoms with Crippen LogP contribution in [0.2, 0.25) is 0 Å². The van der Waals surface area contributed by atoms with Gasteiger partial charge in [-0.3, -0.25) is 0 Å². The van der Waals surface area contributed by atoms with E-state index in [0.29, 0.717) is 17.5 Å². The first kappa shape index (κ1) is 32.2. The first-order valence-electron chi connectivity index (χ1n) is 18.3. The highest BCUT2D eigenvalue weighted by Crippen LogP contribution is 2.47. The zero-order valence-corrected chi connectivity index (χ0v) is 29.7. The van der Waals surface area contributed by atoms with Crippen LogP contribution in [0.15, 0.2) is 199 Å². The lowest BCUT2D eigenvalue weighted by Crippen LogP contribution is -2.00. The fourth-order valence-corrected chi connectivity index (χ4v) is 7.27. The van der Waals surface area contributed by atoms with Crippen molar-refractivity contribution in [2.24, 2.45) is 0 Å². The van der Waals surface area contributed by atoms with Gasteiger partial charge in [0.15, 0.2) is 17.5 Å². The Balaban J connectivity index is 1.15. The molecular weight excluding hydrogens is 673 g/mol. The molecule has 10 rings (SSSR count). The van der Waals surface area contributed by atoms with E-state index in [2.05, 4.69) is 103 Å². The molecular formula is C50H32N4O. The first-order chi connectivity index (χ1) is 27.3. The number of furan rings is 1. The predicted molar refractivity (Wildman–Crippen MR) is 223 cm³/mol. The van der Waals surface area contributed by atoms with E-state index in [-0.39, 0.29) is 0 Å². The zero-order chi connectivity index (χ0) is 36.6. The second-order valence-corrected chi connectivity index (χ2v) is 13.4. The lowest BCUT2D eigenvalue weighted by molar-refractivity contribution is 0.636. The number of fused-ring (bicyclic) bond motifs is 3. The van der Waals surface area contributed by atoms with Crippen LogP contribution in [0.3, 0.4) is 0 Å². The van der Waals surface area contributed by atoms with Gasteiger partial charge in [-0.1, -0.05) is 176 Å². The van der Waals surface area contributed by atoms with Crippen LogP contribution >= 0.6 is 0 Å². The summed E-state index contributed by atoms with van der Waals surface area (Å²) in [6, 6.07) is 66.1. The number of hydrogen-bond acceptors (Lipinski definition) is 5. The van der Waals surface area contributed by atoms with Crippen molar-refractivity contribution < 1.29 is 4.42 Å². The normalized spacial score (nSPS) is 11.3. The molecule has 0 saturated carbocycles. The summed E-state index contributed by atoms with van der Waals surface area (Å²) in [4.78, 5) is 20.3. The Kier molecular flexibility index (Phi) is 8.08. The summed E-state index contributed by atoms with van der Waals surface area (Å²) in [6.45, 7) is 0. The van der Waals surface area contributed by atoms with Gasteiger partial charge in [-0.15, -0.1) is 0 Å². The number of pyridine rings is 1. The molecule has 258 valence electrons. The number of nitrogens with zero attached hydrogens (tertiary/aromatic N) is 4. The van der Waals surface area contributed by atoms with Crippen molar-refractivity contribution >= 4 is 21.9 Å². The second-order valence-electron chi connectivity index (χ2n) is 13.4. The standard InChI is InChI=1S/C50H32N4O/c1-6-17-33(18-7-1)43-44-45(34-19-8-2-9-20-34)51-42-32-39(29-30-41(42)47(44)55-46(43)35-21-10-3-11-22-35)38-27-16-28-40(31-38)50-53-48(36-23-12-4-13-24-36)52-49(54-50)37-25-14-5-15-26-37/h1-32H. The van der Waals surface area contributed by atoms with Gasteiger partial charge in [-0.05, 0) is 34.9 Å². The monoisotopic (exact) mass is 704 g/mol. The molecule has 10 aromatic rings. The Morgan fingerprint density at radius 3 is 1.36 bits per heavy atom. The molecule has 0 aliphatic rings. The number of rotatable bonds is 7. The SMILES string of the molecule is c1ccc(-c2nc(-c3ccccc3)nc(-c3cccc(-c4ccc5c(c4)nc(-c4ccccc4)c4c(-c6ccccc6)c(-c6ccccc6)oc45)c3)n2)cc1. The van der Waals surface area contributed by atoms with Crippen molar-refractivity contribution in [3.8, 4) is 79.0 Å². The number of aromatic nitrogens is 4. The summed E-state index contributed by atoms with van der Waals surface area (Å²) >= 11 is 0.